The number of likely N-dealkylation sites (tertiary alicyclic amines) is 1. The van der Waals surface area contributed by atoms with E-state index in [1.807, 2.05) is 0 Å². The number of alkyl halides is 3. The molecule has 2 saturated heterocycles. The van der Waals surface area contributed by atoms with Crippen molar-refractivity contribution in [2.24, 2.45) is 0 Å². The number of benzene rings is 1. The minimum atomic E-state index is -4.58. The van der Waals surface area contributed by atoms with Gasteiger partial charge in [-0.05, 0) is 37.5 Å². The lowest BCUT2D eigenvalue weighted by Gasteiger charge is -2.36. The largest absolute Gasteiger partial charge is 0.452 e. The number of aromatic nitrogens is 2. The van der Waals surface area contributed by atoms with Gasteiger partial charge in [-0.3, -0.25) is 4.79 Å². The van der Waals surface area contributed by atoms with Gasteiger partial charge >= 0.3 is 6.18 Å². The number of amides is 1. The summed E-state index contributed by atoms with van der Waals surface area (Å²) in [4.78, 5) is 19.8. The Bertz CT molecular complexity index is 1150. The van der Waals surface area contributed by atoms with Crippen LogP contribution in [-0.4, -0.2) is 66.6 Å². The van der Waals surface area contributed by atoms with Gasteiger partial charge in [-0.25, -0.2) is 12.8 Å². The second-order valence-electron chi connectivity index (χ2n) is 8.05. The summed E-state index contributed by atoms with van der Waals surface area (Å²) >= 11 is 0.703. The number of hydrogen-bond acceptors (Lipinski definition) is 8. The third kappa shape index (κ3) is 5.05. The number of halogens is 4. The molecule has 2 fully saturated rings. The molecule has 0 bridgehead atoms. The summed E-state index contributed by atoms with van der Waals surface area (Å²) < 4.78 is 79.0. The summed E-state index contributed by atoms with van der Waals surface area (Å²) in [6.45, 7) is 1.36. The molecule has 0 spiro atoms. The van der Waals surface area contributed by atoms with Gasteiger partial charge < -0.3 is 15.1 Å². The zero-order valence-corrected chi connectivity index (χ0v) is 19.1. The number of nitrogens with one attached hydrogen (secondary N) is 1. The highest BCUT2D eigenvalue weighted by Gasteiger charge is 2.39. The fourth-order valence-corrected chi connectivity index (χ4v) is 5.43. The second kappa shape index (κ2) is 8.70. The van der Waals surface area contributed by atoms with Crippen molar-refractivity contribution in [1.82, 2.24) is 14.3 Å². The molecule has 1 amide bonds. The first-order valence-electron chi connectivity index (χ1n) is 10.2. The Kier molecular flexibility index (Phi) is 6.24. The van der Waals surface area contributed by atoms with Crippen molar-refractivity contribution in [3.8, 4) is 0 Å². The first-order chi connectivity index (χ1) is 15.4. The van der Waals surface area contributed by atoms with Gasteiger partial charge in [0.25, 0.3) is 0 Å². The first-order valence-corrected chi connectivity index (χ1v) is 12.8. The van der Waals surface area contributed by atoms with Crippen LogP contribution >= 0.6 is 11.5 Å². The van der Waals surface area contributed by atoms with Gasteiger partial charge in [0.1, 0.15) is 11.9 Å². The van der Waals surface area contributed by atoms with E-state index >= 15 is 0 Å². The van der Waals surface area contributed by atoms with Crippen LogP contribution in [0.25, 0.3) is 0 Å². The molecule has 2 aliphatic rings. The average molecular weight is 508 g/mol. The van der Waals surface area contributed by atoms with Gasteiger partial charge in [-0.15, -0.1) is 0 Å². The highest BCUT2D eigenvalue weighted by molar-refractivity contribution is 7.90. The highest BCUT2D eigenvalue weighted by atomic mass is 32.2. The zero-order valence-electron chi connectivity index (χ0n) is 17.5. The van der Waals surface area contributed by atoms with Crippen molar-refractivity contribution in [2.45, 2.75) is 42.4 Å². The number of rotatable bonds is 5. The zero-order chi connectivity index (χ0) is 24.0. The monoisotopic (exact) mass is 507 g/mol. The van der Waals surface area contributed by atoms with Crippen LogP contribution in [0.4, 0.5) is 28.4 Å². The molecule has 1 unspecified atom stereocenters. The van der Waals surface area contributed by atoms with Crippen molar-refractivity contribution in [2.75, 3.05) is 36.1 Å². The predicted octanol–water partition coefficient (Wildman–Crippen LogP) is 2.78. The van der Waals surface area contributed by atoms with Crippen LogP contribution in [0.15, 0.2) is 23.1 Å². The number of anilines is 2. The number of hydrogen-bond donors (Lipinski definition) is 1. The summed E-state index contributed by atoms with van der Waals surface area (Å²) in [7, 11) is -3.54. The van der Waals surface area contributed by atoms with Crippen LogP contribution in [0.5, 0.6) is 0 Å². The fraction of sp³-hybridized carbons (Fsp3) is 0.526. The van der Waals surface area contributed by atoms with Gasteiger partial charge in [0, 0.05) is 43.5 Å². The Hall–Kier alpha value is -2.48. The molecule has 33 heavy (non-hydrogen) atoms. The number of sulfone groups is 1. The summed E-state index contributed by atoms with van der Waals surface area (Å²) in [5.41, 5.74) is 0.0501. The fourth-order valence-electron chi connectivity index (χ4n) is 4.06. The third-order valence-electron chi connectivity index (χ3n) is 5.78. The molecule has 1 aromatic heterocycles. The van der Waals surface area contributed by atoms with Crippen LogP contribution in [0, 0.1) is 5.82 Å². The van der Waals surface area contributed by atoms with Gasteiger partial charge in [0.2, 0.25) is 16.9 Å². The topological polar surface area (TPSA) is 95.5 Å². The molecule has 1 atom stereocenters. The standard InChI is InChI=1S/C19H21F4N5O3S2/c1-33(30,31)12-2-3-14(13(20)10-12)24-15-6-9-28(16(15)29)11-4-7-27(8-5-11)18-25-17(26-32-18)19(21,22)23/h2-3,10-11,15,24H,4-9H2,1H3. The number of nitrogens with zero attached hydrogens (tertiary/aromatic N) is 4. The summed E-state index contributed by atoms with van der Waals surface area (Å²) in [5.74, 6) is -2.09. The van der Waals surface area contributed by atoms with Crippen molar-refractivity contribution in [3.05, 3.63) is 29.8 Å². The molecule has 14 heteroatoms. The van der Waals surface area contributed by atoms with E-state index in [-0.39, 0.29) is 27.7 Å². The smallest absolute Gasteiger partial charge is 0.371 e. The number of carbonyl (C=O) groups is 1. The average Bonchev–Trinajstić information content (AvgIpc) is 3.37. The van der Waals surface area contributed by atoms with Crippen LogP contribution in [0.2, 0.25) is 0 Å². The molecule has 2 aromatic rings. The van der Waals surface area contributed by atoms with Gasteiger partial charge in [0.15, 0.2) is 9.84 Å². The Morgan fingerprint density at radius 1 is 1.15 bits per heavy atom. The molecule has 4 rings (SSSR count). The second-order valence-corrected chi connectivity index (χ2v) is 10.8. The molecular formula is C19H21F4N5O3S2. The number of piperidine rings is 1. The maximum absolute atomic E-state index is 14.4. The van der Waals surface area contributed by atoms with E-state index in [1.54, 1.807) is 9.80 Å². The van der Waals surface area contributed by atoms with Crippen LogP contribution < -0.4 is 10.2 Å². The SMILES string of the molecule is CS(=O)(=O)c1ccc(NC2CCN(C3CCN(c4nc(C(F)(F)F)ns4)CC3)C2=O)c(F)c1. The Morgan fingerprint density at radius 2 is 1.85 bits per heavy atom. The summed E-state index contributed by atoms with van der Waals surface area (Å²) in [6, 6.07) is 2.79. The molecule has 1 aromatic carbocycles. The minimum absolute atomic E-state index is 0.0501. The third-order valence-corrected chi connectivity index (χ3v) is 7.67. The molecule has 0 aliphatic carbocycles. The quantitative estimate of drug-likeness (QED) is 0.622. The number of carbonyl (C=O) groups excluding carboxylic acids is 1. The molecule has 2 aliphatic heterocycles. The Labute approximate surface area is 191 Å². The highest BCUT2D eigenvalue weighted by Crippen LogP contribution is 2.32. The van der Waals surface area contributed by atoms with E-state index in [1.165, 1.54) is 12.1 Å². The van der Waals surface area contributed by atoms with Crippen molar-refractivity contribution < 1.29 is 30.8 Å². The van der Waals surface area contributed by atoms with Gasteiger partial charge in [0.05, 0.1) is 10.6 Å². The molecule has 0 saturated carbocycles. The first kappa shape index (κ1) is 23.7. The molecule has 180 valence electrons. The lowest BCUT2D eigenvalue weighted by Crippen LogP contribution is -2.47. The van der Waals surface area contributed by atoms with Crippen LogP contribution in [0.1, 0.15) is 25.1 Å². The maximum atomic E-state index is 14.4. The molecule has 3 heterocycles. The van der Waals surface area contributed by atoms with Crippen molar-refractivity contribution >= 4 is 38.1 Å². The lowest BCUT2D eigenvalue weighted by atomic mass is 10.0. The van der Waals surface area contributed by atoms with Gasteiger partial charge in [-0.2, -0.15) is 22.5 Å². The molecule has 0 radical (unpaired) electrons. The van der Waals surface area contributed by atoms with E-state index in [4.69, 9.17) is 0 Å². The van der Waals surface area contributed by atoms with E-state index in [2.05, 4.69) is 14.7 Å². The van der Waals surface area contributed by atoms with Crippen LogP contribution in [0.3, 0.4) is 0 Å². The Balaban J connectivity index is 1.35. The normalized spacial score (nSPS) is 20.5. The van der Waals surface area contributed by atoms with Crippen LogP contribution in [-0.2, 0) is 20.8 Å². The van der Waals surface area contributed by atoms with Crippen molar-refractivity contribution in [3.63, 3.8) is 0 Å². The van der Waals surface area contributed by atoms with E-state index in [9.17, 15) is 30.8 Å². The lowest BCUT2D eigenvalue weighted by molar-refractivity contribution is -0.144. The van der Waals surface area contributed by atoms with E-state index in [0.29, 0.717) is 50.4 Å². The Morgan fingerprint density at radius 3 is 2.42 bits per heavy atom. The molecule has 1 N–H and O–H groups in total. The van der Waals surface area contributed by atoms with E-state index < -0.39 is 33.7 Å². The van der Waals surface area contributed by atoms with Crippen molar-refractivity contribution in [1.29, 1.82) is 0 Å². The molecular weight excluding hydrogens is 486 g/mol. The van der Waals surface area contributed by atoms with Gasteiger partial charge in [-0.1, -0.05) is 0 Å². The maximum Gasteiger partial charge on any atom is 0.452 e. The van der Waals surface area contributed by atoms with E-state index in [0.717, 1.165) is 12.3 Å². The summed E-state index contributed by atoms with van der Waals surface area (Å²) in [5, 5.41) is 3.07. The molecule has 8 nitrogen and oxygen atoms in total. The summed E-state index contributed by atoms with van der Waals surface area (Å²) in [6.07, 6.45) is -2.01. The minimum Gasteiger partial charge on any atom is -0.371 e. The predicted molar refractivity (Wildman–Crippen MR) is 113 cm³/mol.